The lowest BCUT2D eigenvalue weighted by Gasteiger charge is -2.35. The van der Waals surface area contributed by atoms with Crippen molar-refractivity contribution in [1.82, 2.24) is 24.6 Å². The summed E-state index contributed by atoms with van der Waals surface area (Å²) in [6, 6.07) is 1.40. The summed E-state index contributed by atoms with van der Waals surface area (Å²) in [4.78, 5) is 16.5. The van der Waals surface area contributed by atoms with E-state index in [1.807, 2.05) is 17.2 Å². The minimum atomic E-state index is -2.63. The van der Waals surface area contributed by atoms with Gasteiger partial charge in [-0.15, -0.1) is 11.3 Å². The van der Waals surface area contributed by atoms with Crippen molar-refractivity contribution in [2.24, 2.45) is 0 Å². The molecule has 0 amide bonds. The predicted octanol–water partition coefficient (Wildman–Crippen LogP) is 2.15. The third kappa shape index (κ3) is 2.66. The molecule has 1 saturated heterocycles. The SMILES string of the molecule is Cc1csc(N2CCN(c3cc(C(F)F)nc4ncnn34)CC2)n1. The largest absolute Gasteiger partial charge is 0.353 e. The average molecular weight is 351 g/mol. The Balaban J connectivity index is 1.59. The van der Waals surface area contributed by atoms with E-state index in [4.69, 9.17) is 0 Å². The lowest BCUT2D eigenvalue weighted by atomic mass is 10.3. The predicted molar refractivity (Wildman–Crippen MR) is 87.0 cm³/mol. The van der Waals surface area contributed by atoms with E-state index in [0.29, 0.717) is 18.9 Å². The molecule has 0 aromatic carbocycles. The Hall–Kier alpha value is -2.36. The van der Waals surface area contributed by atoms with Gasteiger partial charge in [0.15, 0.2) is 5.13 Å². The molecule has 1 fully saturated rings. The number of halogens is 2. The van der Waals surface area contributed by atoms with E-state index in [1.165, 1.54) is 16.9 Å². The molecule has 1 aliphatic rings. The van der Waals surface area contributed by atoms with Crippen LogP contribution in [0.3, 0.4) is 0 Å². The molecule has 0 saturated carbocycles. The van der Waals surface area contributed by atoms with Crippen molar-refractivity contribution < 1.29 is 8.78 Å². The van der Waals surface area contributed by atoms with Gasteiger partial charge in [0.05, 0.1) is 5.69 Å². The van der Waals surface area contributed by atoms with Crippen molar-refractivity contribution in [2.45, 2.75) is 13.3 Å². The lowest BCUT2D eigenvalue weighted by molar-refractivity contribution is 0.146. The minimum Gasteiger partial charge on any atom is -0.353 e. The Morgan fingerprint density at radius 2 is 1.88 bits per heavy atom. The molecular weight excluding hydrogens is 336 g/mol. The fourth-order valence-electron chi connectivity index (χ4n) is 2.77. The molecule has 0 spiro atoms. The van der Waals surface area contributed by atoms with Crippen LogP contribution in [0.2, 0.25) is 0 Å². The van der Waals surface area contributed by atoms with Crippen LogP contribution in [0.25, 0.3) is 5.78 Å². The normalized spacial score (nSPS) is 15.7. The summed E-state index contributed by atoms with van der Waals surface area (Å²) in [5.41, 5.74) is 0.737. The maximum Gasteiger partial charge on any atom is 0.280 e. The Labute approximate surface area is 140 Å². The first-order valence-electron chi connectivity index (χ1n) is 7.52. The molecule has 7 nitrogen and oxygen atoms in total. The summed E-state index contributed by atoms with van der Waals surface area (Å²) in [5.74, 6) is 0.795. The smallest absolute Gasteiger partial charge is 0.280 e. The van der Waals surface area contributed by atoms with E-state index in [9.17, 15) is 8.78 Å². The monoisotopic (exact) mass is 351 g/mol. The number of anilines is 2. The van der Waals surface area contributed by atoms with Gasteiger partial charge in [-0.1, -0.05) is 0 Å². The van der Waals surface area contributed by atoms with Gasteiger partial charge >= 0.3 is 0 Å². The molecule has 3 aromatic rings. The van der Waals surface area contributed by atoms with Gasteiger partial charge in [0.2, 0.25) is 0 Å². The molecule has 0 aliphatic carbocycles. The quantitative estimate of drug-likeness (QED) is 0.721. The van der Waals surface area contributed by atoms with Gasteiger partial charge in [0.25, 0.3) is 12.2 Å². The zero-order valence-electron chi connectivity index (χ0n) is 12.9. The van der Waals surface area contributed by atoms with E-state index in [-0.39, 0.29) is 11.5 Å². The highest BCUT2D eigenvalue weighted by Gasteiger charge is 2.23. The molecule has 0 N–H and O–H groups in total. The highest BCUT2D eigenvalue weighted by atomic mass is 32.1. The van der Waals surface area contributed by atoms with Gasteiger partial charge in [0, 0.05) is 37.6 Å². The first-order chi connectivity index (χ1) is 11.6. The number of fused-ring (bicyclic) bond motifs is 1. The maximum absolute atomic E-state index is 13.1. The second-order valence-electron chi connectivity index (χ2n) is 5.56. The van der Waals surface area contributed by atoms with E-state index in [1.54, 1.807) is 11.3 Å². The summed E-state index contributed by atoms with van der Waals surface area (Å²) in [6.07, 6.45) is -1.31. The molecular formula is C14H15F2N7S. The molecule has 4 rings (SSSR count). The topological polar surface area (TPSA) is 62.5 Å². The third-order valence-corrected chi connectivity index (χ3v) is 4.98. The summed E-state index contributed by atoms with van der Waals surface area (Å²) in [6.45, 7) is 4.91. The van der Waals surface area contributed by atoms with Crippen molar-refractivity contribution >= 4 is 28.1 Å². The van der Waals surface area contributed by atoms with E-state index in [0.717, 1.165) is 23.9 Å². The van der Waals surface area contributed by atoms with Crippen LogP contribution < -0.4 is 9.80 Å². The third-order valence-electron chi connectivity index (χ3n) is 3.96. The van der Waals surface area contributed by atoms with Crippen molar-refractivity contribution in [3.63, 3.8) is 0 Å². The zero-order chi connectivity index (χ0) is 16.7. The summed E-state index contributed by atoms with van der Waals surface area (Å²) >= 11 is 1.62. The minimum absolute atomic E-state index is 0.195. The highest BCUT2D eigenvalue weighted by Crippen LogP contribution is 2.26. The second-order valence-corrected chi connectivity index (χ2v) is 6.39. The Kier molecular flexibility index (Phi) is 3.75. The Bertz CT molecular complexity index is 854. The van der Waals surface area contributed by atoms with Crippen LogP contribution in [0.15, 0.2) is 17.8 Å². The summed E-state index contributed by atoms with van der Waals surface area (Å²) in [5, 5.41) is 7.13. The molecule has 0 bridgehead atoms. The number of thiazole rings is 1. The first kappa shape index (κ1) is 15.2. The molecule has 1 aliphatic heterocycles. The van der Waals surface area contributed by atoms with Crippen LogP contribution in [0.4, 0.5) is 19.7 Å². The van der Waals surface area contributed by atoms with Gasteiger partial charge < -0.3 is 9.80 Å². The number of hydrogen-bond acceptors (Lipinski definition) is 7. The van der Waals surface area contributed by atoms with E-state index in [2.05, 4.69) is 25.0 Å². The van der Waals surface area contributed by atoms with Crippen molar-refractivity contribution in [2.75, 3.05) is 36.0 Å². The van der Waals surface area contributed by atoms with Crippen LogP contribution in [0.1, 0.15) is 17.8 Å². The summed E-state index contributed by atoms with van der Waals surface area (Å²) in [7, 11) is 0. The lowest BCUT2D eigenvalue weighted by Crippen LogP contribution is -2.47. The molecule has 24 heavy (non-hydrogen) atoms. The standard InChI is InChI=1S/C14H15F2N7S/c1-9-7-24-14(19-9)22-4-2-21(3-5-22)11-6-10(12(15)16)20-13-17-8-18-23(11)13/h6-8,12H,2-5H2,1H3. The van der Waals surface area contributed by atoms with Crippen LogP contribution in [0, 0.1) is 6.92 Å². The van der Waals surface area contributed by atoms with Gasteiger partial charge in [-0.2, -0.15) is 14.6 Å². The molecule has 3 aromatic heterocycles. The van der Waals surface area contributed by atoms with E-state index < -0.39 is 6.43 Å². The summed E-state index contributed by atoms with van der Waals surface area (Å²) < 4.78 is 27.7. The van der Waals surface area contributed by atoms with Gasteiger partial charge in [-0.3, -0.25) is 0 Å². The van der Waals surface area contributed by atoms with Gasteiger partial charge in [0.1, 0.15) is 17.8 Å². The van der Waals surface area contributed by atoms with Crippen LogP contribution in [-0.2, 0) is 0 Å². The van der Waals surface area contributed by atoms with E-state index >= 15 is 0 Å². The Morgan fingerprint density at radius 1 is 1.12 bits per heavy atom. The highest BCUT2D eigenvalue weighted by molar-refractivity contribution is 7.13. The van der Waals surface area contributed by atoms with Crippen LogP contribution >= 0.6 is 11.3 Å². The number of piperazine rings is 1. The number of nitrogens with zero attached hydrogens (tertiary/aromatic N) is 7. The molecule has 0 unspecified atom stereocenters. The van der Waals surface area contributed by atoms with Crippen LogP contribution in [-0.4, -0.2) is 50.7 Å². The number of aromatic nitrogens is 5. The zero-order valence-corrected chi connectivity index (χ0v) is 13.7. The average Bonchev–Trinajstić information content (AvgIpc) is 3.22. The number of rotatable bonds is 3. The van der Waals surface area contributed by atoms with Gasteiger partial charge in [-0.25, -0.2) is 18.7 Å². The fraction of sp³-hybridized carbons (Fsp3) is 0.429. The first-order valence-corrected chi connectivity index (χ1v) is 8.40. The van der Waals surface area contributed by atoms with Gasteiger partial charge in [-0.05, 0) is 6.92 Å². The number of alkyl halides is 2. The molecule has 10 heteroatoms. The molecule has 4 heterocycles. The fourth-order valence-corrected chi connectivity index (χ4v) is 3.62. The maximum atomic E-state index is 13.1. The molecule has 126 valence electrons. The Morgan fingerprint density at radius 3 is 2.54 bits per heavy atom. The van der Waals surface area contributed by atoms with Crippen molar-refractivity contribution in [3.8, 4) is 0 Å². The molecule has 0 atom stereocenters. The van der Waals surface area contributed by atoms with Crippen molar-refractivity contribution in [3.05, 3.63) is 29.2 Å². The second kappa shape index (κ2) is 5.93. The van der Waals surface area contributed by atoms with Crippen LogP contribution in [0.5, 0.6) is 0 Å². The molecule has 0 radical (unpaired) electrons. The number of hydrogen-bond donors (Lipinski definition) is 0. The number of aryl methyl sites for hydroxylation is 1. The van der Waals surface area contributed by atoms with Crippen molar-refractivity contribution in [1.29, 1.82) is 0 Å².